The lowest BCUT2D eigenvalue weighted by atomic mass is 10.1. The van der Waals surface area contributed by atoms with Gasteiger partial charge in [-0.2, -0.15) is 0 Å². The van der Waals surface area contributed by atoms with Crippen LogP contribution in [0.2, 0.25) is 0 Å². The fourth-order valence-electron chi connectivity index (χ4n) is 3.42. The zero-order valence-corrected chi connectivity index (χ0v) is 17.8. The summed E-state index contributed by atoms with van der Waals surface area (Å²) >= 11 is 0. The number of nitrogens with one attached hydrogen (secondary N) is 1. The van der Waals surface area contributed by atoms with E-state index >= 15 is 0 Å². The van der Waals surface area contributed by atoms with Crippen LogP contribution in [0.5, 0.6) is 11.5 Å². The van der Waals surface area contributed by atoms with E-state index in [2.05, 4.69) is 10.2 Å². The van der Waals surface area contributed by atoms with Crippen molar-refractivity contribution in [3.63, 3.8) is 0 Å². The SMILES string of the molecule is [C-]#[N+]c1ccc(NCCCN2CCN(Cc3ccc(OC)cc3OC)C(=O)C2=O)cc1. The largest absolute Gasteiger partial charge is 0.497 e. The van der Waals surface area contributed by atoms with Crippen LogP contribution in [0.3, 0.4) is 0 Å². The van der Waals surface area contributed by atoms with E-state index in [1.165, 1.54) is 0 Å². The van der Waals surface area contributed by atoms with Crippen molar-refractivity contribution in [2.24, 2.45) is 0 Å². The van der Waals surface area contributed by atoms with E-state index in [-0.39, 0.29) is 0 Å². The molecule has 0 bridgehead atoms. The molecule has 3 rings (SSSR count). The van der Waals surface area contributed by atoms with E-state index in [1.54, 1.807) is 42.2 Å². The third-order valence-corrected chi connectivity index (χ3v) is 5.18. The predicted molar refractivity (Wildman–Crippen MR) is 117 cm³/mol. The van der Waals surface area contributed by atoms with Crippen LogP contribution >= 0.6 is 0 Å². The molecule has 0 atom stereocenters. The monoisotopic (exact) mass is 422 g/mol. The summed E-state index contributed by atoms with van der Waals surface area (Å²) in [5, 5.41) is 3.26. The topological polar surface area (TPSA) is 75.5 Å². The number of hydrogen-bond acceptors (Lipinski definition) is 5. The van der Waals surface area contributed by atoms with Crippen molar-refractivity contribution in [1.29, 1.82) is 0 Å². The van der Waals surface area contributed by atoms with E-state index in [1.807, 2.05) is 24.3 Å². The van der Waals surface area contributed by atoms with Gasteiger partial charge in [0.1, 0.15) is 11.5 Å². The first-order valence-corrected chi connectivity index (χ1v) is 10.1. The molecule has 0 aromatic heterocycles. The number of amides is 2. The lowest BCUT2D eigenvalue weighted by Crippen LogP contribution is -2.54. The smallest absolute Gasteiger partial charge is 0.312 e. The van der Waals surface area contributed by atoms with Crippen LogP contribution in [0.4, 0.5) is 11.4 Å². The Morgan fingerprint density at radius 2 is 1.71 bits per heavy atom. The van der Waals surface area contributed by atoms with Crippen LogP contribution in [0, 0.1) is 6.57 Å². The number of anilines is 1. The second kappa shape index (κ2) is 10.3. The standard InChI is InChI=1S/C23H26N4O4/c1-24-18-6-8-19(9-7-18)25-11-4-12-26-13-14-27(23(29)22(26)28)16-17-5-10-20(30-2)15-21(17)31-3/h5-10,15,25H,4,11-14,16H2,2-3H3. The molecule has 8 nitrogen and oxygen atoms in total. The summed E-state index contributed by atoms with van der Waals surface area (Å²) < 4.78 is 10.6. The molecule has 2 amide bonds. The molecule has 0 unspecified atom stereocenters. The molecule has 1 aliphatic rings. The van der Waals surface area contributed by atoms with Gasteiger partial charge in [0.05, 0.1) is 20.8 Å². The second-order valence-corrected chi connectivity index (χ2v) is 7.14. The Morgan fingerprint density at radius 3 is 2.39 bits per heavy atom. The van der Waals surface area contributed by atoms with Gasteiger partial charge in [0.25, 0.3) is 0 Å². The molecule has 162 valence electrons. The first-order valence-electron chi connectivity index (χ1n) is 10.1. The van der Waals surface area contributed by atoms with Crippen LogP contribution in [-0.4, -0.2) is 62.0 Å². The van der Waals surface area contributed by atoms with Gasteiger partial charge in [0.15, 0.2) is 5.69 Å². The van der Waals surface area contributed by atoms with Crippen molar-refractivity contribution in [3.8, 4) is 11.5 Å². The molecule has 1 saturated heterocycles. The zero-order chi connectivity index (χ0) is 22.2. The van der Waals surface area contributed by atoms with Crippen LogP contribution in [0.25, 0.3) is 4.85 Å². The van der Waals surface area contributed by atoms with Gasteiger partial charge in [0, 0.05) is 50.0 Å². The number of rotatable bonds is 9. The summed E-state index contributed by atoms with van der Waals surface area (Å²) in [6.07, 6.45) is 0.718. The molecule has 2 aromatic carbocycles. The molecule has 0 radical (unpaired) electrons. The van der Waals surface area contributed by atoms with Gasteiger partial charge in [0.2, 0.25) is 0 Å². The van der Waals surface area contributed by atoms with Gasteiger partial charge in [-0.3, -0.25) is 9.59 Å². The van der Waals surface area contributed by atoms with Gasteiger partial charge in [-0.25, -0.2) is 4.85 Å². The minimum Gasteiger partial charge on any atom is -0.497 e. The highest BCUT2D eigenvalue weighted by Crippen LogP contribution is 2.26. The molecule has 0 spiro atoms. The summed E-state index contributed by atoms with van der Waals surface area (Å²) in [5.74, 6) is 0.327. The summed E-state index contributed by atoms with van der Waals surface area (Å²) in [6, 6.07) is 12.6. The normalized spacial score (nSPS) is 13.7. The van der Waals surface area contributed by atoms with Gasteiger partial charge in [-0.15, -0.1) is 0 Å². The maximum absolute atomic E-state index is 12.6. The lowest BCUT2D eigenvalue weighted by Gasteiger charge is -2.34. The summed E-state index contributed by atoms with van der Waals surface area (Å²) in [7, 11) is 3.15. The van der Waals surface area contributed by atoms with E-state index in [9.17, 15) is 9.59 Å². The summed E-state index contributed by atoms with van der Waals surface area (Å²) in [4.78, 5) is 31.7. The number of carbonyl (C=O) groups excluding carboxylic acids is 2. The minimum atomic E-state index is -0.494. The lowest BCUT2D eigenvalue weighted by molar-refractivity contribution is -0.156. The number of benzene rings is 2. The third-order valence-electron chi connectivity index (χ3n) is 5.18. The number of nitrogens with zero attached hydrogens (tertiary/aromatic N) is 3. The Balaban J connectivity index is 1.49. The number of methoxy groups -OCH3 is 2. The first-order chi connectivity index (χ1) is 15.0. The van der Waals surface area contributed by atoms with Gasteiger partial charge < -0.3 is 24.6 Å². The number of ether oxygens (including phenoxy) is 2. The highest BCUT2D eigenvalue weighted by molar-refractivity contribution is 6.35. The Morgan fingerprint density at radius 1 is 1.00 bits per heavy atom. The maximum Gasteiger partial charge on any atom is 0.312 e. The van der Waals surface area contributed by atoms with Crippen LogP contribution < -0.4 is 14.8 Å². The summed E-state index contributed by atoms with van der Waals surface area (Å²) in [6.45, 7) is 9.44. The average molecular weight is 422 g/mol. The van der Waals surface area contributed by atoms with E-state index < -0.39 is 11.8 Å². The Labute approximate surface area is 182 Å². The minimum absolute atomic E-state index is 0.313. The van der Waals surface area contributed by atoms with Crippen molar-refractivity contribution in [2.45, 2.75) is 13.0 Å². The summed E-state index contributed by atoms with van der Waals surface area (Å²) in [5.41, 5.74) is 2.35. The first kappa shape index (κ1) is 22.0. The molecule has 31 heavy (non-hydrogen) atoms. The van der Waals surface area contributed by atoms with Crippen molar-refractivity contribution >= 4 is 23.2 Å². The zero-order valence-electron chi connectivity index (χ0n) is 17.8. The fourth-order valence-corrected chi connectivity index (χ4v) is 3.42. The van der Waals surface area contributed by atoms with Crippen LogP contribution in [0.1, 0.15) is 12.0 Å². The molecule has 1 N–H and O–H groups in total. The van der Waals surface area contributed by atoms with Crippen molar-refractivity contribution in [1.82, 2.24) is 9.80 Å². The quantitative estimate of drug-likeness (QED) is 0.382. The van der Waals surface area contributed by atoms with Crippen LogP contribution in [-0.2, 0) is 16.1 Å². The van der Waals surface area contributed by atoms with Gasteiger partial charge in [-0.05, 0) is 30.7 Å². The van der Waals surface area contributed by atoms with Crippen molar-refractivity contribution in [2.75, 3.05) is 45.7 Å². The Kier molecular flexibility index (Phi) is 7.33. The Bertz CT molecular complexity index is 969. The van der Waals surface area contributed by atoms with Crippen molar-refractivity contribution in [3.05, 3.63) is 59.4 Å². The average Bonchev–Trinajstić information content (AvgIpc) is 2.81. The maximum atomic E-state index is 12.6. The highest BCUT2D eigenvalue weighted by atomic mass is 16.5. The second-order valence-electron chi connectivity index (χ2n) is 7.14. The van der Waals surface area contributed by atoms with Gasteiger partial charge in [-0.1, -0.05) is 12.1 Å². The fraction of sp³-hybridized carbons (Fsp3) is 0.348. The molecule has 0 saturated carbocycles. The number of hydrogen-bond donors (Lipinski definition) is 1. The molecule has 8 heteroatoms. The number of piperazine rings is 1. The Hall–Kier alpha value is -3.73. The number of carbonyl (C=O) groups is 2. The predicted octanol–water partition coefficient (Wildman–Crippen LogP) is 2.93. The van der Waals surface area contributed by atoms with Crippen molar-refractivity contribution < 1.29 is 19.1 Å². The molecular formula is C23H26N4O4. The third kappa shape index (κ3) is 5.45. The highest BCUT2D eigenvalue weighted by Gasteiger charge is 2.32. The molecular weight excluding hydrogens is 396 g/mol. The molecule has 1 aliphatic heterocycles. The molecule has 1 fully saturated rings. The van der Waals surface area contributed by atoms with Crippen LogP contribution in [0.15, 0.2) is 42.5 Å². The van der Waals surface area contributed by atoms with E-state index in [0.717, 1.165) is 17.7 Å². The van der Waals surface area contributed by atoms with Gasteiger partial charge >= 0.3 is 11.8 Å². The molecule has 2 aromatic rings. The molecule has 0 aliphatic carbocycles. The van der Waals surface area contributed by atoms with E-state index in [4.69, 9.17) is 16.0 Å². The molecule has 1 heterocycles. The van der Waals surface area contributed by atoms with E-state index in [0.29, 0.717) is 49.9 Å².